The predicted molar refractivity (Wildman–Crippen MR) is 142 cm³/mol. The summed E-state index contributed by atoms with van der Waals surface area (Å²) < 4.78 is 47.9. The Bertz CT molecular complexity index is 1300. The Balaban J connectivity index is 1.84. The van der Waals surface area contributed by atoms with Crippen molar-refractivity contribution in [2.45, 2.75) is 43.1 Å². The van der Waals surface area contributed by atoms with Gasteiger partial charge in [0.2, 0.25) is 5.91 Å². The van der Waals surface area contributed by atoms with Gasteiger partial charge in [0.05, 0.1) is 23.1 Å². The lowest BCUT2D eigenvalue weighted by molar-refractivity contribution is -0.118. The lowest BCUT2D eigenvalue weighted by Crippen LogP contribution is -2.24. The number of halogens is 1. The average molecular weight is 533 g/mol. The van der Waals surface area contributed by atoms with Gasteiger partial charge in [-0.2, -0.15) is 4.39 Å². The minimum atomic E-state index is -3.99. The molecule has 3 rings (SSSR count). The summed E-state index contributed by atoms with van der Waals surface area (Å²) in [7, 11) is -2.08. The summed E-state index contributed by atoms with van der Waals surface area (Å²) in [5.41, 5.74) is -0.154. The Kier molecular flexibility index (Phi) is 9.06. The van der Waals surface area contributed by atoms with Crippen LogP contribution in [0.15, 0.2) is 77.7 Å². The SMILES string of the molecule is CCCc1cc(NC(=O)[C@@H](CO)c2ccccc2)ccc1S(=O)(=O)Nc1cccc(OC(C)(F)P)c1. The number of ether oxygens (including phenoxy) is 1. The molecule has 1 amide bonds. The highest BCUT2D eigenvalue weighted by Crippen LogP contribution is 2.29. The van der Waals surface area contributed by atoms with Gasteiger partial charge < -0.3 is 15.2 Å². The second-order valence-electron chi connectivity index (χ2n) is 8.43. The summed E-state index contributed by atoms with van der Waals surface area (Å²) in [5, 5.41) is 12.5. The van der Waals surface area contributed by atoms with Crippen molar-refractivity contribution in [3.8, 4) is 5.75 Å². The van der Waals surface area contributed by atoms with E-state index in [-0.39, 0.29) is 22.9 Å². The molecule has 0 aliphatic heterocycles. The number of anilines is 2. The molecule has 36 heavy (non-hydrogen) atoms. The third kappa shape index (κ3) is 7.50. The lowest BCUT2D eigenvalue weighted by Gasteiger charge is -2.18. The van der Waals surface area contributed by atoms with Crippen LogP contribution in [0.2, 0.25) is 0 Å². The van der Waals surface area contributed by atoms with Crippen molar-refractivity contribution in [3.05, 3.63) is 83.9 Å². The Hall–Kier alpha value is -3.00. The maximum absolute atomic E-state index is 13.8. The van der Waals surface area contributed by atoms with Crippen molar-refractivity contribution in [3.63, 3.8) is 0 Å². The first-order valence-electron chi connectivity index (χ1n) is 11.4. The van der Waals surface area contributed by atoms with Gasteiger partial charge in [-0.15, -0.1) is 0 Å². The molecular weight excluding hydrogens is 502 g/mol. The molecule has 0 spiro atoms. The van der Waals surface area contributed by atoms with E-state index in [1.54, 1.807) is 36.4 Å². The number of rotatable bonds is 11. The summed E-state index contributed by atoms with van der Waals surface area (Å²) in [6.07, 6.45) is 1.13. The highest BCUT2D eigenvalue weighted by atomic mass is 32.2. The number of alkyl halides is 1. The molecule has 3 aromatic rings. The highest BCUT2D eigenvalue weighted by molar-refractivity contribution is 7.92. The molecule has 0 saturated carbocycles. The molecule has 3 N–H and O–H groups in total. The van der Waals surface area contributed by atoms with Crippen LogP contribution in [0.25, 0.3) is 0 Å². The Morgan fingerprint density at radius 2 is 1.81 bits per heavy atom. The molecule has 7 nitrogen and oxygen atoms in total. The first-order chi connectivity index (χ1) is 17.0. The molecule has 3 atom stereocenters. The van der Waals surface area contributed by atoms with Gasteiger partial charge >= 0.3 is 0 Å². The molecule has 3 aromatic carbocycles. The van der Waals surface area contributed by atoms with Gasteiger partial charge in [0.15, 0.2) is 0 Å². The number of aliphatic hydroxyl groups excluding tert-OH is 1. The molecule has 0 aliphatic rings. The second kappa shape index (κ2) is 11.8. The van der Waals surface area contributed by atoms with E-state index < -0.39 is 27.4 Å². The van der Waals surface area contributed by atoms with Crippen LogP contribution in [0.3, 0.4) is 0 Å². The number of amides is 1. The van der Waals surface area contributed by atoms with E-state index in [0.29, 0.717) is 29.7 Å². The Labute approximate surface area is 213 Å². The molecule has 0 heterocycles. The van der Waals surface area contributed by atoms with Crippen LogP contribution < -0.4 is 14.8 Å². The number of nitrogens with one attached hydrogen (secondary N) is 2. The summed E-state index contributed by atoms with van der Waals surface area (Å²) in [4.78, 5) is 12.9. The van der Waals surface area contributed by atoms with Gasteiger partial charge in [-0.1, -0.05) is 59.0 Å². The number of benzene rings is 3. The van der Waals surface area contributed by atoms with E-state index in [9.17, 15) is 22.7 Å². The van der Waals surface area contributed by atoms with Crippen molar-refractivity contribution in [2.24, 2.45) is 0 Å². The van der Waals surface area contributed by atoms with Crippen molar-refractivity contribution >= 4 is 36.5 Å². The summed E-state index contributed by atoms with van der Waals surface area (Å²) in [5.74, 6) is -0.988. The van der Waals surface area contributed by atoms with Crippen LogP contribution in [0.4, 0.5) is 15.8 Å². The molecule has 0 aromatic heterocycles. The fraction of sp³-hybridized carbons (Fsp3) is 0.269. The second-order valence-corrected chi connectivity index (χ2v) is 11.1. The minimum absolute atomic E-state index is 0.0665. The third-order valence-corrected chi connectivity index (χ3v) is 6.84. The van der Waals surface area contributed by atoms with E-state index in [4.69, 9.17) is 4.74 Å². The molecule has 0 bridgehead atoms. The number of sulfonamides is 1. The first kappa shape index (κ1) is 27.6. The average Bonchev–Trinajstić information content (AvgIpc) is 2.79. The first-order valence-corrected chi connectivity index (χ1v) is 13.5. The number of hydrogen-bond donors (Lipinski definition) is 3. The molecule has 2 unspecified atom stereocenters. The smallest absolute Gasteiger partial charge is 0.262 e. The monoisotopic (exact) mass is 532 g/mol. The van der Waals surface area contributed by atoms with Gasteiger partial charge in [-0.3, -0.25) is 9.52 Å². The van der Waals surface area contributed by atoms with E-state index in [1.165, 1.54) is 37.3 Å². The van der Waals surface area contributed by atoms with Crippen LogP contribution in [0.5, 0.6) is 5.75 Å². The third-order valence-electron chi connectivity index (χ3n) is 5.24. The zero-order valence-corrected chi connectivity index (χ0v) is 22.0. The molecule has 192 valence electrons. The van der Waals surface area contributed by atoms with Crippen LogP contribution >= 0.6 is 9.24 Å². The molecule has 0 saturated heterocycles. The number of aryl methyl sites for hydroxylation is 1. The fourth-order valence-corrected chi connectivity index (χ4v) is 5.14. The highest BCUT2D eigenvalue weighted by Gasteiger charge is 2.23. The number of carbonyl (C=O) groups is 1. The van der Waals surface area contributed by atoms with Gasteiger partial charge in [-0.25, -0.2) is 8.42 Å². The topological polar surface area (TPSA) is 105 Å². The standard InChI is InChI=1S/C26H30FN2O5PS/c1-3-8-19-15-20(28-25(31)23(17-30)18-9-5-4-6-10-18)13-14-24(19)36(32,33)29-21-11-7-12-22(16-21)34-26(2,27)35/h4-7,9-16,23,29-30H,3,8,17,35H2,1-2H3,(H,28,31)/t23-,26?/m0/s1. The zero-order valence-electron chi connectivity index (χ0n) is 20.1. The van der Waals surface area contributed by atoms with Crippen LogP contribution in [0, 0.1) is 0 Å². The van der Waals surface area contributed by atoms with E-state index in [0.717, 1.165) is 0 Å². The quantitative estimate of drug-likeness (QED) is 0.300. The minimum Gasteiger partial charge on any atom is -0.455 e. The molecule has 0 fully saturated rings. The van der Waals surface area contributed by atoms with Gasteiger partial charge in [0.25, 0.3) is 15.6 Å². The zero-order chi connectivity index (χ0) is 26.3. The fourth-order valence-electron chi connectivity index (χ4n) is 3.70. The van der Waals surface area contributed by atoms with Crippen LogP contribution in [0.1, 0.15) is 37.3 Å². The van der Waals surface area contributed by atoms with Gasteiger partial charge in [-0.05, 0) is 47.9 Å². The van der Waals surface area contributed by atoms with E-state index >= 15 is 0 Å². The number of hydrogen-bond acceptors (Lipinski definition) is 5. The molecular formula is C26H30FN2O5PS. The molecule has 10 heteroatoms. The van der Waals surface area contributed by atoms with Crippen molar-refractivity contribution in [1.82, 2.24) is 0 Å². The summed E-state index contributed by atoms with van der Waals surface area (Å²) in [6.45, 7) is 2.77. The molecule has 0 radical (unpaired) electrons. The number of carbonyl (C=O) groups excluding carboxylic acids is 1. The maximum atomic E-state index is 13.8. The van der Waals surface area contributed by atoms with Crippen LogP contribution in [-0.4, -0.2) is 31.6 Å². The van der Waals surface area contributed by atoms with Crippen molar-refractivity contribution in [1.29, 1.82) is 0 Å². The van der Waals surface area contributed by atoms with Gasteiger partial charge in [0.1, 0.15) is 5.75 Å². The Morgan fingerprint density at radius 3 is 2.44 bits per heavy atom. The summed E-state index contributed by atoms with van der Waals surface area (Å²) in [6, 6.07) is 19.5. The van der Waals surface area contributed by atoms with Crippen molar-refractivity contribution in [2.75, 3.05) is 16.6 Å². The normalized spacial score (nSPS) is 13.9. The molecule has 0 aliphatic carbocycles. The number of aliphatic hydroxyl groups is 1. The van der Waals surface area contributed by atoms with E-state index in [2.05, 4.69) is 10.0 Å². The lowest BCUT2D eigenvalue weighted by atomic mass is 9.99. The van der Waals surface area contributed by atoms with E-state index in [1.807, 2.05) is 22.2 Å². The predicted octanol–water partition coefficient (Wildman–Crippen LogP) is 5.05. The summed E-state index contributed by atoms with van der Waals surface area (Å²) >= 11 is 0. The largest absolute Gasteiger partial charge is 0.455 e. The van der Waals surface area contributed by atoms with Crippen LogP contribution in [-0.2, 0) is 21.2 Å². The van der Waals surface area contributed by atoms with Gasteiger partial charge in [0, 0.05) is 18.7 Å². The maximum Gasteiger partial charge on any atom is 0.262 e. The van der Waals surface area contributed by atoms with Crippen molar-refractivity contribution < 1.29 is 27.4 Å². The Morgan fingerprint density at radius 1 is 1.08 bits per heavy atom.